The van der Waals surface area contributed by atoms with Crippen molar-refractivity contribution in [1.82, 2.24) is 24.6 Å². The number of nitrogen functional groups attached to an aromatic ring is 1. The molecule has 0 spiro atoms. The lowest BCUT2D eigenvalue weighted by molar-refractivity contribution is -0.121. The Bertz CT molecular complexity index is 597. The van der Waals surface area contributed by atoms with Gasteiger partial charge in [0.2, 0.25) is 11.9 Å². The topological polar surface area (TPSA) is 90.8 Å². The number of hydrogen-bond donors (Lipinski definition) is 2. The first kappa shape index (κ1) is 13.4. The second-order valence-corrected chi connectivity index (χ2v) is 4.48. The molecule has 7 heteroatoms. The molecule has 2 aromatic rings. The highest BCUT2D eigenvalue weighted by Gasteiger charge is 2.18. The van der Waals surface area contributed by atoms with E-state index in [2.05, 4.69) is 15.4 Å². The summed E-state index contributed by atoms with van der Waals surface area (Å²) in [5.41, 5.74) is 8.30. The molecule has 2 rings (SSSR count). The number of nitrogens with one attached hydrogen (secondary N) is 1. The van der Waals surface area contributed by atoms with Gasteiger partial charge in [-0.25, -0.2) is 9.67 Å². The quantitative estimate of drug-likeness (QED) is 0.830. The van der Waals surface area contributed by atoms with Gasteiger partial charge >= 0.3 is 0 Å². The van der Waals surface area contributed by atoms with E-state index in [1.165, 1.54) is 0 Å². The van der Waals surface area contributed by atoms with Crippen LogP contribution in [0.15, 0.2) is 0 Å². The second-order valence-electron chi connectivity index (χ2n) is 4.48. The Kier molecular flexibility index (Phi) is 3.73. The normalized spacial score (nSPS) is 11.1. The fraction of sp³-hybridized carbons (Fsp3) is 0.583. The maximum Gasteiger partial charge on any atom is 0.240 e. The van der Waals surface area contributed by atoms with Crippen molar-refractivity contribution < 1.29 is 4.79 Å². The number of nitrogens with zero attached hydrogens (tertiary/aromatic N) is 4. The molecule has 1 amide bonds. The zero-order valence-corrected chi connectivity index (χ0v) is 11.6. The maximum atomic E-state index is 11.8. The molecule has 2 heterocycles. The molecule has 3 N–H and O–H groups in total. The molecule has 0 atom stereocenters. The Hall–Kier alpha value is -2.05. The van der Waals surface area contributed by atoms with Crippen molar-refractivity contribution >= 4 is 23.0 Å². The summed E-state index contributed by atoms with van der Waals surface area (Å²) in [6, 6.07) is 0. The van der Waals surface area contributed by atoms with Gasteiger partial charge in [-0.2, -0.15) is 5.10 Å². The van der Waals surface area contributed by atoms with Crippen molar-refractivity contribution in [3.05, 3.63) is 5.69 Å². The van der Waals surface area contributed by atoms with Crippen LogP contribution in [0.4, 0.5) is 5.95 Å². The molecule has 0 radical (unpaired) electrons. The van der Waals surface area contributed by atoms with Crippen LogP contribution in [0.25, 0.3) is 11.2 Å². The first-order valence-corrected chi connectivity index (χ1v) is 6.54. The molecule has 0 saturated heterocycles. The number of carbonyl (C=O) groups excluding carboxylic acids is 1. The van der Waals surface area contributed by atoms with Crippen LogP contribution >= 0.6 is 0 Å². The van der Waals surface area contributed by atoms with Gasteiger partial charge in [0.15, 0.2) is 5.65 Å². The number of aromatic nitrogens is 4. The van der Waals surface area contributed by atoms with E-state index in [1.807, 2.05) is 25.5 Å². The van der Waals surface area contributed by atoms with Crippen molar-refractivity contribution in [2.45, 2.75) is 40.3 Å². The minimum atomic E-state index is -0.0608. The molecular formula is C12H20N6O. The highest BCUT2D eigenvalue weighted by molar-refractivity contribution is 5.82. The predicted molar refractivity (Wildman–Crippen MR) is 73.6 cm³/mol. The van der Waals surface area contributed by atoms with Gasteiger partial charge in [0.25, 0.3) is 0 Å². The van der Waals surface area contributed by atoms with Gasteiger partial charge in [-0.15, -0.1) is 0 Å². The minimum Gasteiger partial charge on any atom is -0.369 e. The number of hydrogen-bond acceptors (Lipinski definition) is 4. The van der Waals surface area contributed by atoms with Crippen molar-refractivity contribution in [2.75, 3.05) is 12.3 Å². The molecule has 104 valence electrons. The number of aryl methyl sites for hydroxylation is 2. The Balaban J connectivity index is 2.36. The molecule has 0 aliphatic rings. The maximum absolute atomic E-state index is 11.8. The van der Waals surface area contributed by atoms with E-state index in [-0.39, 0.29) is 12.5 Å². The predicted octanol–water partition coefficient (Wildman–Crippen LogP) is 0.670. The van der Waals surface area contributed by atoms with E-state index in [1.54, 1.807) is 4.57 Å². The molecule has 19 heavy (non-hydrogen) atoms. The Morgan fingerprint density at radius 2 is 2.16 bits per heavy atom. The van der Waals surface area contributed by atoms with E-state index in [4.69, 9.17) is 5.73 Å². The van der Waals surface area contributed by atoms with E-state index in [0.717, 1.165) is 23.3 Å². The zero-order valence-electron chi connectivity index (χ0n) is 11.6. The monoisotopic (exact) mass is 264 g/mol. The number of anilines is 1. The van der Waals surface area contributed by atoms with Gasteiger partial charge < -0.3 is 11.1 Å². The average molecular weight is 264 g/mol. The summed E-state index contributed by atoms with van der Waals surface area (Å²) in [6.07, 6.45) is 0.909. The van der Waals surface area contributed by atoms with Crippen LogP contribution in [0.2, 0.25) is 0 Å². The number of rotatable bonds is 5. The molecule has 0 saturated carbocycles. The lowest BCUT2D eigenvalue weighted by Crippen LogP contribution is -2.28. The summed E-state index contributed by atoms with van der Waals surface area (Å²) < 4.78 is 3.53. The van der Waals surface area contributed by atoms with Gasteiger partial charge in [0.1, 0.15) is 12.1 Å². The Morgan fingerprint density at radius 3 is 2.79 bits per heavy atom. The molecule has 0 aliphatic heterocycles. The fourth-order valence-electron chi connectivity index (χ4n) is 2.08. The number of imidazole rings is 1. The summed E-state index contributed by atoms with van der Waals surface area (Å²) >= 11 is 0. The summed E-state index contributed by atoms with van der Waals surface area (Å²) in [6.45, 7) is 7.46. The van der Waals surface area contributed by atoms with Crippen LogP contribution < -0.4 is 11.1 Å². The second kappa shape index (κ2) is 5.29. The number of fused-ring (bicyclic) bond motifs is 1. The molecule has 0 aliphatic carbocycles. The van der Waals surface area contributed by atoms with E-state index in [0.29, 0.717) is 19.0 Å². The summed E-state index contributed by atoms with van der Waals surface area (Å²) in [5.74, 6) is 0.290. The SMILES string of the molecule is CCCNC(=O)Cn1c(N)nc2c(C)nn(CC)c21. The van der Waals surface area contributed by atoms with Gasteiger partial charge in [-0.1, -0.05) is 6.92 Å². The van der Waals surface area contributed by atoms with Crippen molar-refractivity contribution in [1.29, 1.82) is 0 Å². The minimum absolute atomic E-state index is 0.0608. The van der Waals surface area contributed by atoms with Crippen molar-refractivity contribution in [2.24, 2.45) is 0 Å². The van der Waals surface area contributed by atoms with Gasteiger partial charge in [0, 0.05) is 13.1 Å². The average Bonchev–Trinajstić information content (AvgIpc) is 2.86. The summed E-state index contributed by atoms with van der Waals surface area (Å²) in [7, 11) is 0. The Morgan fingerprint density at radius 1 is 1.42 bits per heavy atom. The number of carbonyl (C=O) groups is 1. The molecule has 7 nitrogen and oxygen atoms in total. The summed E-state index contributed by atoms with van der Waals surface area (Å²) in [4.78, 5) is 16.1. The van der Waals surface area contributed by atoms with Crippen LogP contribution in [0, 0.1) is 6.92 Å². The van der Waals surface area contributed by atoms with E-state index < -0.39 is 0 Å². The van der Waals surface area contributed by atoms with Crippen LogP contribution in [0.3, 0.4) is 0 Å². The standard InChI is InChI=1S/C12H20N6O/c1-4-6-14-9(19)7-17-11-10(15-12(17)13)8(3)16-18(11)5-2/h4-7H2,1-3H3,(H2,13,15)(H,14,19). The third-order valence-corrected chi connectivity index (χ3v) is 3.00. The van der Waals surface area contributed by atoms with Gasteiger partial charge in [-0.05, 0) is 20.3 Å². The molecule has 2 aromatic heterocycles. The fourth-order valence-corrected chi connectivity index (χ4v) is 2.08. The third-order valence-electron chi connectivity index (χ3n) is 3.00. The molecule has 0 aromatic carbocycles. The van der Waals surface area contributed by atoms with Crippen molar-refractivity contribution in [3.63, 3.8) is 0 Å². The highest BCUT2D eigenvalue weighted by atomic mass is 16.1. The summed E-state index contributed by atoms with van der Waals surface area (Å²) in [5, 5.41) is 7.22. The first-order chi connectivity index (χ1) is 9.08. The lowest BCUT2D eigenvalue weighted by Gasteiger charge is -2.08. The van der Waals surface area contributed by atoms with Crippen LogP contribution in [-0.2, 0) is 17.9 Å². The van der Waals surface area contributed by atoms with Gasteiger partial charge in [-0.3, -0.25) is 9.36 Å². The van der Waals surface area contributed by atoms with Crippen LogP contribution in [-0.4, -0.2) is 31.8 Å². The number of nitrogens with two attached hydrogens (primary N) is 1. The molecule has 0 fully saturated rings. The number of amides is 1. The van der Waals surface area contributed by atoms with E-state index in [9.17, 15) is 4.79 Å². The zero-order chi connectivity index (χ0) is 14.0. The Labute approximate surface area is 111 Å². The highest BCUT2D eigenvalue weighted by Crippen LogP contribution is 2.20. The van der Waals surface area contributed by atoms with Crippen molar-refractivity contribution in [3.8, 4) is 0 Å². The smallest absolute Gasteiger partial charge is 0.240 e. The van der Waals surface area contributed by atoms with Gasteiger partial charge in [0.05, 0.1) is 5.69 Å². The third kappa shape index (κ3) is 2.40. The molecule has 0 bridgehead atoms. The molecular weight excluding hydrogens is 244 g/mol. The molecule has 0 unspecified atom stereocenters. The first-order valence-electron chi connectivity index (χ1n) is 6.54. The van der Waals surface area contributed by atoms with E-state index >= 15 is 0 Å². The van der Waals surface area contributed by atoms with Crippen LogP contribution in [0.1, 0.15) is 26.0 Å². The lowest BCUT2D eigenvalue weighted by atomic mass is 10.4. The largest absolute Gasteiger partial charge is 0.369 e. The van der Waals surface area contributed by atoms with Crippen LogP contribution in [0.5, 0.6) is 0 Å².